The Balaban J connectivity index is 1.66. The van der Waals surface area contributed by atoms with Crippen molar-refractivity contribution < 1.29 is 33.4 Å². The molecule has 3 amide bonds. The van der Waals surface area contributed by atoms with Gasteiger partial charge in [0.25, 0.3) is 17.7 Å². The van der Waals surface area contributed by atoms with E-state index in [1.165, 1.54) is 30.7 Å². The van der Waals surface area contributed by atoms with Gasteiger partial charge in [0, 0.05) is 6.92 Å². The van der Waals surface area contributed by atoms with Gasteiger partial charge >= 0.3 is 11.9 Å². The van der Waals surface area contributed by atoms with Crippen LogP contribution in [0.4, 0.5) is 0 Å². The molecule has 3 aliphatic rings. The molecule has 152 valence electrons. The summed E-state index contributed by atoms with van der Waals surface area (Å²) in [6, 6.07) is 4.35. The first-order valence-corrected chi connectivity index (χ1v) is 9.77. The molecule has 10 heteroatoms. The molecule has 2 saturated heterocycles. The highest BCUT2D eigenvalue weighted by Crippen LogP contribution is 2.53. The minimum atomic E-state index is -1.03. The molecule has 0 saturated carbocycles. The Morgan fingerprint density at radius 2 is 1.72 bits per heavy atom. The van der Waals surface area contributed by atoms with Gasteiger partial charge in [0.1, 0.15) is 24.1 Å². The van der Waals surface area contributed by atoms with Crippen molar-refractivity contribution >= 4 is 41.4 Å². The maximum absolute atomic E-state index is 13.0. The van der Waals surface area contributed by atoms with Crippen LogP contribution in [0.2, 0.25) is 0 Å². The second-order valence-electron chi connectivity index (χ2n) is 7.24. The van der Waals surface area contributed by atoms with Crippen LogP contribution < -0.4 is 0 Å². The summed E-state index contributed by atoms with van der Waals surface area (Å²) in [4.78, 5) is 64.6. The van der Waals surface area contributed by atoms with E-state index in [1.54, 1.807) is 31.2 Å². The van der Waals surface area contributed by atoms with E-state index in [1.807, 2.05) is 0 Å². The molecule has 0 N–H and O–H groups in total. The molecule has 0 radical (unpaired) electrons. The summed E-state index contributed by atoms with van der Waals surface area (Å²) in [6.07, 6.45) is 0. The first kappa shape index (κ1) is 19.4. The van der Waals surface area contributed by atoms with Gasteiger partial charge in [-0.1, -0.05) is 12.1 Å². The molecule has 0 spiro atoms. The minimum absolute atomic E-state index is 0.123. The fourth-order valence-corrected chi connectivity index (χ4v) is 5.75. The molecule has 3 aliphatic heterocycles. The zero-order chi connectivity index (χ0) is 21.1. The van der Waals surface area contributed by atoms with Crippen molar-refractivity contribution in [1.82, 2.24) is 9.80 Å². The molecule has 4 rings (SSSR count). The van der Waals surface area contributed by atoms with E-state index in [0.29, 0.717) is 0 Å². The first-order valence-electron chi connectivity index (χ1n) is 8.89. The van der Waals surface area contributed by atoms with Crippen LogP contribution in [-0.2, 0) is 23.9 Å². The summed E-state index contributed by atoms with van der Waals surface area (Å²) >= 11 is 1.22. The lowest BCUT2D eigenvalue weighted by Gasteiger charge is -2.46. The van der Waals surface area contributed by atoms with E-state index in [2.05, 4.69) is 0 Å². The van der Waals surface area contributed by atoms with Gasteiger partial charge in [0.15, 0.2) is 0 Å². The van der Waals surface area contributed by atoms with E-state index in [9.17, 15) is 24.0 Å². The summed E-state index contributed by atoms with van der Waals surface area (Å²) in [6.45, 7) is 2.81. The van der Waals surface area contributed by atoms with Crippen molar-refractivity contribution in [1.29, 1.82) is 0 Å². The SMILES string of the molecule is COC(=O)C1N2C(=O)C(N3C(=O)c4ccccc4C3=O)[C@@H]2S[C@@]1(C)COC(C)=O. The molecular formula is C19H18N2O7S. The number of hydrogen-bond donors (Lipinski definition) is 0. The van der Waals surface area contributed by atoms with E-state index < -0.39 is 51.9 Å². The summed E-state index contributed by atoms with van der Waals surface area (Å²) in [7, 11) is 1.21. The van der Waals surface area contributed by atoms with Crippen LogP contribution in [0.15, 0.2) is 24.3 Å². The maximum Gasteiger partial charge on any atom is 0.330 e. The molecule has 0 aromatic heterocycles. The highest BCUT2D eigenvalue weighted by Gasteiger charge is 2.69. The van der Waals surface area contributed by atoms with E-state index in [0.717, 1.165) is 4.90 Å². The van der Waals surface area contributed by atoms with Crippen molar-refractivity contribution in [2.24, 2.45) is 0 Å². The third-order valence-electron chi connectivity index (χ3n) is 5.39. The van der Waals surface area contributed by atoms with Gasteiger partial charge in [0.2, 0.25) is 0 Å². The van der Waals surface area contributed by atoms with E-state index >= 15 is 0 Å². The standard InChI is InChI=1S/C19H18N2O7S/c1-9(22)28-8-19(2)13(18(26)27-3)21-16(25)12(17(21)29-19)20-14(23)10-6-4-5-7-11(10)15(20)24/h4-7,12-13,17H,8H2,1-3H3/t12?,13?,17-,19-/m0/s1. The highest BCUT2D eigenvalue weighted by molar-refractivity contribution is 8.01. The number of amides is 3. The number of nitrogens with zero attached hydrogens (tertiary/aromatic N) is 2. The van der Waals surface area contributed by atoms with Crippen molar-refractivity contribution in [2.75, 3.05) is 13.7 Å². The van der Waals surface area contributed by atoms with Gasteiger partial charge in [-0.2, -0.15) is 0 Å². The number of carbonyl (C=O) groups is 5. The van der Waals surface area contributed by atoms with E-state index in [-0.39, 0.29) is 17.7 Å². The number of carbonyl (C=O) groups excluding carboxylic acids is 5. The van der Waals surface area contributed by atoms with Crippen molar-refractivity contribution in [3.63, 3.8) is 0 Å². The highest BCUT2D eigenvalue weighted by atomic mass is 32.2. The molecule has 9 nitrogen and oxygen atoms in total. The van der Waals surface area contributed by atoms with Crippen LogP contribution >= 0.6 is 11.8 Å². The van der Waals surface area contributed by atoms with Crippen LogP contribution in [0.25, 0.3) is 0 Å². The normalized spacial score (nSPS) is 30.0. The molecule has 0 aliphatic carbocycles. The number of thioether (sulfide) groups is 1. The number of fused-ring (bicyclic) bond motifs is 2. The summed E-state index contributed by atoms with van der Waals surface area (Å²) in [5.41, 5.74) is 0.498. The number of ether oxygens (including phenoxy) is 2. The number of esters is 2. The average Bonchev–Trinajstić information content (AvgIpc) is 3.11. The number of benzene rings is 1. The molecule has 4 atom stereocenters. The minimum Gasteiger partial charge on any atom is -0.467 e. The topological polar surface area (TPSA) is 110 Å². The molecule has 0 bridgehead atoms. The second-order valence-corrected chi connectivity index (χ2v) is 8.89. The molecule has 29 heavy (non-hydrogen) atoms. The molecule has 1 aromatic rings. The Kier molecular flexibility index (Phi) is 4.41. The lowest BCUT2D eigenvalue weighted by molar-refractivity contribution is -0.165. The van der Waals surface area contributed by atoms with Crippen LogP contribution in [0, 0.1) is 0 Å². The smallest absolute Gasteiger partial charge is 0.330 e. The number of hydrogen-bond acceptors (Lipinski definition) is 8. The Morgan fingerprint density at radius 1 is 1.14 bits per heavy atom. The maximum atomic E-state index is 13.0. The van der Waals surface area contributed by atoms with Crippen LogP contribution in [0.1, 0.15) is 34.6 Å². The van der Waals surface area contributed by atoms with Crippen molar-refractivity contribution in [3.05, 3.63) is 35.4 Å². The Bertz CT molecular complexity index is 929. The Morgan fingerprint density at radius 3 is 2.24 bits per heavy atom. The zero-order valence-corrected chi connectivity index (χ0v) is 16.7. The molecule has 3 heterocycles. The number of imide groups is 1. The Hall–Kier alpha value is -2.88. The number of β-lactam (4-membered cyclic amide) rings is 1. The second kappa shape index (κ2) is 6.58. The van der Waals surface area contributed by atoms with Crippen molar-refractivity contribution in [2.45, 2.75) is 36.1 Å². The fourth-order valence-electron chi connectivity index (χ4n) is 4.03. The number of methoxy groups -OCH3 is 1. The Labute approximate surface area is 170 Å². The number of rotatable bonds is 4. The molecule has 2 unspecified atom stereocenters. The van der Waals surface area contributed by atoms with Crippen LogP contribution in [0.5, 0.6) is 0 Å². The van der Waals surface area contributed by atoms with Gasteiger partial charge in [-0.05, 0) is 19.1 Å². The lowest BCUT2D eigenvalue weighted by Crippen LogP contribution is -2.71. The molecule has 2 fully saturated rings. The third-order valence-corrected chi connectivity index (χ3v) is 6.99. The molecule has 1 aromatic carbocycles. The largest absolute Gasteiger partial charge is 0.467 e. The van der Waals surface area contributed by atoms with Gasteiger partial charge in [0.05, 0.1) is 23.0 Å². The van der Waals surface area contributed by atoms with Crippen LogP contribution in [-0.4, -0.2) is 75.4 Å². The monoisotopic (exact) mass is 418 g/mol. The first-order chi connectivity index (χ1) is 13.7. The van der Waals surface area contributed by atoms with Gasteiger partial charge in [-0.15, -0.1) is 11.8 Å². The van der Waals surface area contributed by atoms with Gasteiger partial charge in [-0.25, -0.2) is 4.79 Å². The summed E-state index contributed by atoms with van der Waals surface area (Å²) in [5, 5.41) is -0.630. The predicted octanol–water partition coefficient (Wildman–Crippen LogP) is 0.430. The average molecular weight is 418 g/mol. The summed E-state index contributed by atoms with van der Waals surface area (Å²) < 4.78 is 8.99. The van der Waals surface area contributed by atoms with Gasteiger partial charge in [-0.3, -0.25) is 24.1 Å². The third kappa shape index (κ3) is 2.65. The zero-order valence-electron chi connectivity index (χ0n) is 15.9. The van der Waals surface area contributed by atoms with Gasteiger partial charge < -0.3 is 14.4 Å². The predicted molar refractivity (Wildman–Crippen MR) is 99.8 cm³/mol. The van der Waals surface area contributed by atoms with Crippen LogP contribution in [0.3, 0.4) is 0 Å². The molecular weight excluding hydrogens is 400 g/mol. The van der Waals surface area contributed by atoms with Crippen molar-refractivity contribution in [3.8, 4) is 0 Å². The summed E-state index contributed by atoms with van der Waals surface area (Å²) in [5.74, 6) is -2.75. The quantitative estimate of drug-likeness (QED) is 0.393. The fraction of sp³-hybridized carbons (Fsp3) is 0.421. The lowest BCUT2D eigenvalue weighted by atomic mass is 9.94. The van der Waals surface area contributed by atoms with E-state index in [4.69, 9.17) is 9.47 Å².